The molecule has 0 unspecified atom stereocenters. The van der Waals surface area contributed by atoms with E-state index < -0.39 is 10.0 Å². The van der Waals surface area contributed by atoms with E-state index in [1.165, 1.54) is 17.6 Å². The molecule has 7 nitrogen and oxygen atoms in total. The van der Waals surface area contributed by atoms with Crippen LogP contribution < -0.4 is 0 Å². The number of sulfonamides is 1. The zero-order chi connectivity index (χ0) is 17.6. The monoisotopic (exact) mass is 363 g/mol. The van der Waals surface area contributed by atoms with Crippen LogP contribution in [-0.4, -0.2) is 38.1 Å². The van der Waals surface area contributed by atoms with E-state index in [1.54, 1.807) is 22.1 Å². The zero-order valence-corrected chi connectivity index (χ0v) is 15.7. The highest BCUT2D eigenvalue weighted by molar-refractivity contribution is 7.89. The van der Waals surface area contributed by atoms with Crippen molar-refractivity contribution in [3.63, 3.8) is 0 Å². The average Bonchev–Trinajstić information content (AvgIpc) is 3.32. The van der Waals surface area contributed by atoms with Gasteiger partial charge in [0.05, 0.1) is 18.6 Å². The quantitative estimate of drug-likeness (QED) is 0.812. The number of rotatable bonds is 5. The lowest BCUT2D eigenvalue weighted by Gasteiger charge is -2.26. The first kappa shape index (κ1) is 16.8. The normalized spacial score (nSPS) is 18.4. The summed E-state index contributed by atoms with van der Waals surface area (Å²) < 4.78 is 31.8. The summed E-state index contributed by atoms with van der Waals surface area (Å²) >= 11 is 0. The van der Waals surface area contributed by atoms with E-state index in [-0.39, 0.29) is 11.1 Å². The van der Waals surface area contributed by atoms with Crippen molar-refractivity contribution in [3.05, 3.63) is 29.5 Å². The van der Waals surface area contributed by atoms with Crippen LogP contribution >= 0.6 is 0 Å². The molecule has 1 fully saturated rings. The number of aromatic nitrogens is 4. The van der Waals surface area contributed by atoms with Gasteiger partial charge in [0.15, 0.2) is 5.03 Å². The van der Waals surface area contributed by atoms with Gasteiger partial charge < -0.3 is 4.57 Å². The van der Waals surface area contributed by atoms with Crippen molar-refractivity contribution in [2.45, 2.75) is 62.6 Å². The Morgan fingerprint density at radius 2 is 1.96 bits per heavy atom. The minimum absolute atomic E-state index is 0.0473. The Morgan fingerprint density at radius 3 is 2.64 bits per heavy atom. The standard InChI is InChI=1S/C17H25N5O2S/c1-20-11-17(18-12-20)25(23,24)22(13-6-3-4-7-13)10-15-14-8-5-9-16(14)21(2)19-15/h11-13H,3-10H2,1-2H3. The van der Waals surface area contributed by atoms with Crippen LogP contribution in [0, 0.1) is 0 Å². The topological polar surface area (TPSA) is 73.0 Å². The summed E-state index contributed by atoms with van der Waals surface area (Å²) in [7, 11) is 0.130. The van der Waals surface area contributed by atoms with Crippen LogP contribution in [0.1, 0.15) is 49.1 Å². The number of hydrogen-bond donors (Lipinski definition) is 0. The predicted molar refractivity (Wildman–Crippen MR) is 93.4 cm³/mol. The minimum atomic E-state index is -3.62. The highest BCUT2D eigenvalue weighted by Gasteiger charge is 2.36. The van der Waals surface area contributed by atoms with E-state index in [9.17, 15) is 8.42 Å². The highest BCUT2D eigenvalue weighted by Crippen LogP contribution is 2.32. The Kier molecular flexibility index (Phi) is 4.19. The Morgan fingerprint density at radius 1 is 1.20 bits per heavy atom. The van der Waals surface area contributed by atoms with Gasteiger partial charge in [0.2, 0.25) is 0 Å². The third kappa shape index (κ3) is 2.91. The first-order valence-corrected chi connectivity index (χ1v) is 10.4. The van der Waals surface area contributed by atoms with Crippen LogP contribution in [0.5, 0.6) is 0 Å². The first-order valence-electron chi connectivity index (χ1n) is 9.00. The smallest absolute Gasteiger partial charge is 0.262 e. The van der Waals surface area contributed by atoms with Crippen LogP contribution in [0.4, 0.5) is 0 Å². The van der Waals surface area contributed by atoms with E-state index >= 15 is 0 Å². The maximum absolute atomic E-state index is 13.3. The molecule has 4 rings (SSSR count). The lowest BCUT2D eigenvalue weighted by atomic mass is 10.2. The Balaban J connectivity index is 1.71. The van der Waals surface area contributed by atoms with Crippen molar-refractivity contribution in [2.75, 3.05) is 0 Å². The van der Waals surface area contributed by atoms with Crippen molar-refractivity contribution in [1.29, 1.82) is 0 Å². The number of aryl methyl sites for hydroxylation is 2. The summed E-state index contributed by atoms with van der Waals surface area (Å²) in [6.45, 7) is 0.354. The van der Waals surface area contributed by atoms with Gasteiger partial charge in [-0.05, 0) is 37.7 Å². The molecule has 0 saturated heterocycles. The molecule has 2 aromatic rings. The first-order chi connectivity index (χ1) is 12.0. The molecule has 0 spiro atoms. The predicted octanol–water partition coefficient (Wildman–Crippen LogP) is 1.78. The second kappa shape index (κ2) is 6.25. The van der Waals surface area contributed by atoms with Gasteiger partial charge >= 0.3 is 0 Å². The van der Waals surface area contributed by atoms with Gasteiger partial charge in [0.1, 0.15) is 0 Å². The van der Waals surface area contributed by atoms with Crippen molar-refractivity contribution in [1.82, 2.24) is 23.6 Å². The second-order valence-corrected chi connectivity index (χ2v) is 9.05. The molecule has 2 aliphatic rings. The molecule has 0 amide bonds. The highest BCUT2D eigenvalue weighted by atomic mass is 32.2. The van der Waals surface area contributed by atoms with E-state index in [1.807, 2.05) is 11.7 Å². The third-order valence-corrected chi connectivity index (χ3v) is 7.27. The van der Waals surface area contributed by atoms with Crippen molar-refractivity contribution >= 4 is 10.0 Å². The maximum Gasteiger partial charge on any atom is 0.262 e. The van der Waals surface area contributed by atoms with Crippen molar-refractivity contribution in [2.24, 2.45) is 14.1 Å². The Bertz CT molecular complexity index is 877. The molecule has 8 heteroatoms. The summed E-state index contributed by atoms with van der Waals surface area (Å²) in [5, 5.41) is 4.77. The number of nitrogens with zero attached hydrogens (tertiary/aromatic N) is 5. The molecule has 1 saturated carbocycles. The molecular weight excluding hydrogens is 338 g/mol. The van der Waals surface area contributed by atoms with E-state index in [0.29, 0.717) is 6.54 Å². The Hall–Kier alpha value is -1.67. The fourth-order valence-corrected chi connectivity index (χ4v) is 5.83. The number of hydrogen-bond acceptors (Lipinski definition) is 4. The van der Waals surface area contributed by atoms with Gasteiger partial charge in [-0.1, -0.05) is 12.8 Å². The van der Waals surface area contributed by atoms with Gasteiger partial charge in [0.25, 0.3) is 10.0 Å². The SMILES string of the molecule is Cn1cnc(S(=O)(=O)N(Cc2nn(C)c3c2CCC3)C2CCCC2)c1. The fourth-order valence-electron chi connectivity index (χ4n) is 4.22. The van der Waals surface area contributed by atoms with Crippen molar-refractivity contribution < 1.29 is 8.42 Å². The van der Waals surface area contributed by atoms with Gasteiger partial charge in [-0.2, -0.15) is 9.40 Å². The summed E-state index contributed by atoms with van der Waals surface area (Å²) in [5.74, 6) is 0. The van der Waals surface area contributed by atoms with Gasteiger partial charge in [0, 0.05) is 32.0 Å². The molecular formula is C17H25N5O2S. The minimum Gasteiger partial charge on any atom is -0.339 e. The third-order valence-electron chi connectivity index (χ3n) is 5.49. The molecule has 0 aromatic carbocycles. The molecule has 0 N–H and O–H groups in total. The molecule has 0 radical (unpaired) electrons. The molecule has 0 bridgehead atoms. The molecule has 136 valence electrons. The van der Waals surface area contributed by atoms with Gasteiger partial charge in [-0.15, -0.1) is 0 Å². The van der Waals surface area contributed by atoms with E-state index in [2.05, 4.69) is 10.1 Å². The van der Waals surface area contributed by atoms with Crippen LogP contribution in [0.25, 0.3) is 0 Å². The lowest BCUT2D eigenvalue weighted by Crippen LogP contribution is -2.38. The number of fused-ring (bicyclic) bond motifs is 1. The summed E-state index contributed by atoms with van der Waals surface area (Å²) in [4.78, 5) is 4.11. The molecule has 2 aromatic heterocycles. The van der Waals surface area contributed by atoms with E-state index in [0.717, 1.165) is 50.6 Å². The molecule has 2 aliphatic carbocycles. The average molecular weight is 363 g/mol. The van der Waals surface area contributed by atoms with E-state index in [4.69, 9.17) is 0 Å². The largest absolute Gasteiger partial charge is 0.339 e. The van der Waals surface area contributed by atoms with Crippen LogP contribution in [0.3, 0.4) is 0 Å². The Labute approximate surface area is 148 Å². The summed E-state index contributed by atoms with van der Waals surface area (Å²) in [5.41, 5.74) is 3.43. The van der Waals surface area contributed by atoms with Crippen LogP contribution in [0.15, 0.2) is 17.6 Å². The lowest BCUT2D eigenvalue weighted by molar-refractivity contribution is 0.310. The second-order valence-electron chi connectivity index (χ2n) is 7.22. The van der Waals surface area contributed by atoms with Gasteiger partial charge in [-0.25, -0.2) is 13.4 Å². The molecule has 0 aliphatic heterocycles. The summed E-state index contributed by atoms with van der Waals surface area (Å²) in [6, 6.07) is 0.0473. The molecule has 2 heterocycles. The van der Waals surface area contributed by atoms with Crippen molar-refractivity contribution in [3.8, 4) is 0 Å². The van der Waals surface area contributed by atoms with Crippen LogP contribution in [0.2, 0.25) is 0 Å². The molecule has 0 atom stereocenters. The fraction of sp³-hybridized carbons (Fsp3) is 0.647. The van der Waals surface area contributed by atoms with Gasteiger partial charge in [-0.3, -0.25) is 4.68 Å². The summed E-state index contributed by atoms with van der Waals surface area (Å²) in [6.07, 6.45) is 10.3. The maximum atomic E-state index is 13.3. The van der Waals surface area contributed by atoms with Crippen LogP contribution in [-0.2, 0) is 43.5 Å². The number of imidazole rings is 1. The molecule has 25 heavy (non-hydrogen) atoms. The zero-order valence-electron chi connectivity index (χ0n) is 14.8.